The van der Waals surface area contributed by atoms with Crippen molar-refractivity contribution in [2.75, 3.05) is 23.7 Å². The van der Waals surface area contributed by atoms with E-state index in [9.17, 15) is 18.0 Å². The maximum absolute atomic E-state index is 13.6. The highest BCUT2D eigenvalue weighted by molar-refractivity contribution is 7.92. The van der Waals surface area contributed by atoms with Gasteiger partial charge in [0.2, 0.25) is 21.8 Å². The fourth-order valence-electron chi connectivity index (χ4n) is 3.38. The molecular formula is C25H33Cl2N3O5S. The zero-order chi connectivity index (χ0) is 27.3. The van der Waals surface area contributed by atoms with E-state index in [0.717, 1.165) is 10.6 Å². The Labute approximate surface area is 223 Å². The number of carbonyl (C=O) groups is 2. The molecule has 0 aromatic heterocycles. The summed E-state index contributed by atoms with van der Waals surface area (Å²) in [5.41, 5.74) is 0.335. The van der Waals surface area contributed by atoms with Gasteiger partial charge in [-0.15, -0.1) is 0 Å². The minimum absolute atomic E-state index is 0.0194. The first-order valence-electron chi connectivity index (χ1n) is 11.4. The van der Waals surface area contributed by atoms with E-state index in [1.165, 1.54) is 4.90 Å². The number of ether oxygens (including phenoxy) is 1. The van der Waals surface area contributed by atoms with Crippen molar-refractivity contribution < 1.29 is 22.7 Å². The molecule has 1 unspecified atom stereocenters. The maximum atomic E-state index is 13.6. The molecule has 8 nitrogen and oxygen atoms in total. The second kappa shape index (κ2) is 12.2. The molecule has 0 aliphatic carbocycles. The van der Waals surface area contributed by atoms with Gasteiger partial charge in [0, 0.05) is 22.1 Å². The van der Waals surface area contributed by atoms with Crippen LogP contribution >= 0.6 is 23.2 Å². The minimum Gasteiger partial charge on any atom is -0.494 e. The van der Waals surface area contributed by atoms with Crippen LogP contribution in [0.1, 0.15) is 40.2 Å². The first kappa shape index (κ1) is 29.7. The predicted octanol–water partition coefficient (Wildman–Crippen LogP) is 4.49. The zero-order valence-electron chi connectivity index (χ0n) is 21.3. The molecule has 0 aliphatic heterocycles. The Kier molecular flexibility index (Phi) is 10.0. The lowest BCUT2D eigenvalue weighted by Gasteiger charge is -2.33. The standard InChI is InChI=1S/C25H33Cl2N3O5S/c1-7-35-21-12-10-20(11-13-21)30(36(6,33)34)16-23(31)29(17(2)24(32)28-25(3,4)5)15-18-8-9-19(26)14-22(18)27/h8-14,17H,7,15-16H2,1-6H3,(H,28,32). The van der Waals surface area contributed by atoms with E-state index in [2.05, 4.69) is 5.32 Å². The van der Waals surface area contributed by atoms with Crippen molar-refractivity contribution in [1.29, 1.82) is 0 Å². The van der Waals surface area contributed by atoms with Gasteiger partial charge < -0.3 is 15.0 Å². The van der Waals surface area contributed by atoms with Crippen molar-refractivity contribution in [2.45, 2.75) is 52.7 Å². The molecule has 11 heteroatoms. The topological polar surface area (TPSA) is 96.0 Å². The first-order chi connectivity index (χ1) is 16.6. The fraction of sp³-hybridized carbons (Fsp3) is 0.440. The van der Waals surface area contributed by atoms with E-state index in [0.29, 0.717) is 33.7 Å². The molecule has 0 bridgehead atoms. The van der Waals surface area contributed by atoms with Gasteiger partial charge in [-0.3, -0.25) is 13.9 Å². The van der Waals surface area contributed by atoms with Crippen molar-refractivity contribution in [2.24, 2.45) is 0 Å². The van der Waals surface area contributed by atoms with Gasteiger partial charge in [-0.1, -0.05) is 29.3 Å². The van der Waals surface area contributed by atoms with Crippen molar-refractivity contribution in [3.8, 4) is 5.75 Å². The van der Waals surface area contributed by atoms with Gasteiger partial charge in [0.1, 0.15) is 18.3 Å². The van der Waals surface area contributed by atoms with E-state index in [-0.39, 0.29) is 12.5 Å². The van der Waals surface area contributed by atoms with E-state index < -0.39 is 34.1 Å². The number of hydrogen-bond donors (Lipinski definition) is 1. The molecule has 2 aromatic carbocycles. The van der Waals surface area contributed by atoms with Gasteiger partial charge in [0.05, 0.1) is 18.6 Å². The predicted molar refractivity (Wildman–Crippen MR) is 144 cm³/mol. The van der Waals surface area contributed by atoms with E-state index in [1.807, 2.05) is 27.7 Å². The third-order valence-corrected chi connectivity index (χ3v) is 6.86. The number of rotatable bonds is 10. The average Bonchev–Trinajstić information content (AvgIpc) is 2.75. The molecule has 198 valence electrons. The number of amides is 2. The van der Waals surface area contributed by atoms with Crippen LogP contribution in [0.15, 0.2) is 42.5 Å². The minimum atomic E-state index is -3.83. The third-order valence-electron chi connectivity index (χ3n) is 5.14. The number of halogens is 2. The molecule has 1 N–H and O–H groups in total. The number of nitrogens with one attached hydrogen (secondary N) is 1. The van der Waals surface area contributed by atoms with Crippen LogP contribution in [0.25, 0.3) is 0 Å². The van der Waals surface area contributed by atoms with Gasteiger partial charge in [0.25, 0.3) is 0 Å². The number of carbonyl (C=O) groups excluding carboxylic acids is 2. The zero-order valence-corrected chi connectivity index (χ0v) is 23.7. The lowest BCUT2D eigenvalue weighted by atomic mass is 10.1. The number of benzene rings is 2. The van der Waals surface area contributed by atoms with Gasteiger partial charge in [-0.25, -0.2) is 8.42 Å². The summed E-state index contributed by atoms with van der Waals surface area (Å²) in [6.45, 7) is 8.85. The monoisotopic (exact) mass is 557 g/mol. The van der Waals surface area contributed by atoms with Crippen molar-refractivity contribution in [3.63, 3.8) is 0 Å². The second-order valence-electron chi connectivity index (χ2n) is 9.37. The molecule has 2 aromatic rings. The molecule has 1 atom stereocenters. The summed E-state index contributed by atoms with van der Waals surface area (Å²) < 4.78 is 31.7. The molecule has 0 aliphatic rings. The molecule has 0 spiro atoms. The molecule has 0 fully saturated rings. The molecule has 0 radical (unpaired) electrons. The molecule has 2 amide bonds. The largest absolute Gasteiger partial charge is 0.494 e. The van der Waals surface area contributed by atoms with Crippen LogP contribution in [0.2, 0.25) is 10.0 Å². The average molecular weight is 559 g/mol. The second-order valence-corrected chi connectivity index (χ2v) is 12.1. The van der Waals surface area contributed by atoms with Crippen LogP contribution < -0.4 is 14.4 Å². The lowest BCUT2D eigenvalue weighted by molar-refractivity contribution is -0.140. The van der Waals surface area contributed by atoms with Crippen molar-refractivity contribution in [1.82, 2.24) is 10.2 Å². The van der Waals surface area contributed by atoms with E-state index in [4.69, 9.17) is 27.9 Å². The summed E-state index contributed by atoms with van der Waals surface area (Å²) in [7, 11) is -3.83. The fourth-order valence-corrected chi connectivity index (χ4v) is 4.70. The molecule has 0 saturated heterocycles. The summed E-state index contributed by atoms with van der Waals surface area (Å²) in [5.74, 6) is -0.377. The van der Waals surface area contributed by atoms with Crippen LogP contribution in [0.4, 0.5) is 5.69 Å². The summed E-state index contributed by atoms with van der Waals surface area (Å²) in [6, 6.07) is 10.3. The number of anilines is 1. The smallest absolute Gasteiger partial charge is 0.244 e. The molecule has 0 saturated carbocycles. The van der Waals surface area contributed by atoms with Crippen LogP contribution in [0.5, 0.6) is 5.75 Å². The van der Waals surface area contributed by atoms with Crippen LogP contribution in [-0.2, 0) is 26.2 Å². The Hall–Kier alpha value is -2.49. The maximum Gasteiger partial charge on any atom is 0.244 e. The summed E-state index contributed by atoms with van der Waals surface area (Å²) in [4.78, 5) is 27.9. The molecule has 36 heavy (non-hydrogen) atoms. The highest BCUT2D eigenvalue weighted by atomic mass is 35.5. The Balaban J connectivity index is 2.42. The lowest BCUT2D eigenvalue weighted by Crippen LogP contribution is -2.54. The number of hydrogen-bond acceptors (Lipinski definition) is 5. The highest BCUT2D eigenvalue weighted by Gasteiger charge is 2.31. The van der Waals surface area contributed by atoms with Gasteiger partial charge >= 0.3 is 0 Å². The summed E-state index contributed by atoms with van der Waals surface area (Å²) in [6.07, 6.45) is 1.02. The molecular weight excluding hydrogens is 525 g/mol. The van der Waals surface area contributed by atoms with Gasteiger partial charge in [0.15, 0.2) is 0 Å². The Morgan fingerprint density at radius 3 is 2.19 bits per heavy atom. The Morgan fingerprint density at radius 2 is 1.69 bits per heavy atom. The SMILES string of the molecule is CCOc1ccc(N(CC(=O)N(Cc2ccc(Cl)cc2Cl)C(C)C(=O)NC(C)(C)C)S(C)(=O)=O)cc1. The third kappa shape index (κ3) is 8.57. The van der Waals surface area contributed by atoms with Crippen molar-refractivity contribution >= 4 is 50.7 Å². The van der Waals surface area contributed by atoms with Crippen molar-refractivity contribution in [3.05, 3.63) is 58.1 Å². The van der Waals surface area contributed by atoms with E-state index >= 15 is 0 Å². The molecule has 2 rings (SSSR count). The molecule has 0 heterocycles. The highest BCUT2D eigenvalue weighted by Crippen LogP contribution is 2.25. The van der Waals surface area contributed by atoms with Crippen LogP contribution in [0, 0.1) is 0 Å². The first-order valence-corrected chi connectivity index (χ1v) is 14.0. The summed E-state index contributed by atoms with van der Waals surface area (Å²) >= 11 is 12.4. The quantitative estimate of drug-likeness (QED) is 0.464. The van der Waals surface area contributed by atoms with Crippen LogP contribution in [0.3, 0.4) is 0 Å². The van der Waals surface area contributed by atoms with Crippen LogP contribution in [-0.4, -0.2) is 56.1 Å². The van der Waals surface area contributed by atoms with Gasteiger partial charge in [-0.2, -0.15) is 0 Å². The van der Waals surface area contributed by atoms with Gasteiger partial charge in [-0.05, 0) is 76.6 Å². The van der Waals surface area contributed by atoms with E-state index in [1.54, 1.807) is 49.4 Å². The Bertz CT molecular complexity index is 1180. The number of nitrogens with zero attached hydrogens (tertiary/aromatic N) is 2. The normalized spacial score (nSPS) is 12.6. The summed E-state index contributed by atoms with van der Waals surface area (Å²) in [5, 5.41) is 3.62. The number of sulfonamides is 1. The Morgan fingerprint density at radius 1 is 1.08 bits per heavy atom.